The Balaban J connectivity index is 1.63. The van der Waals surface area contributed by atoms with Crippen LogP contribution in [0.4, 0.5) is 14.5 Å². The second-order valence-corrected chi connectivity index (χ2v) is 4.83. The fourth-order valence-electron chi connectivity index (χ4n) is 2.01. The number of benzene rings is 2. The number of halogens is 2. The summed E-state index contributed by atoms with van der Waals surface area (Å²) in [7, 11) is 0. The molecule has 0 aliphatic rings. The molecule has 1 N–H and O–H groups in total. The highest BCUT2D eigenvalue weighted by atomic mass is 19.1. The van der Waals surface area contributed by atoms with Crippen LogP contribution in [0.1, 0.15) is 0 Å². The minimum Gasteiger partial charge on any atom is -0.481 e. The molecule has 3 rings (SSSR count). The lowest BCUT2D eigenvalue weighted by atomic mass is 10.2. The van der Waals surface area contributed by atoms with E-state index in [-0.39, 0.29) is 5.75 Å². The molecule has 0 unspecified atom stereocenters. The van der Waals surface area contributed by atoms with Gasteiger partial charge < -0.3 is 10.1 Å². The molecule has 0 fully saturated rings. The topological polar surface area (TPSA) is 69.0 Å². The van der Waals surface area contributed by atoms with Gasteiger partial charge in [-0.2, -0.15) is 0 Å². The molecule has 0 spiro atoms. The van der Waals surface area contributed by atoms with E-state index in [0.29, 0.717) is 5.69 Å². The van der Waals surface area contributed by atoms with Crippen LogP contribution in [0.3, 0.4) is 0 Å². The molecule has 0 aliphatic heterocycles. The van der Waals surface area contributed by atoms with E-state index in [1.807, 2.05) is 6.07 Å². The zero-order valence-electron chi connectivity index (χ0n) is 12.3. The summed E-state index contributed by atoms with van der Waals surface area (Å²) < 4.78 is 33.1. The number of carbonyl (C=O) groups is 1. The highest BCUT2D eigenvalue weighted by Gasteiger charge is 2.09. The Morgan fingerprint density at radius 2 is 1.92 bits per heavy atom. The molecule has 0 bridgehead atoms. The van der Waals surface area contributed by atoms with E-state index in [0.717, 1.165) is 23.9 Å². The molecule has 0 radical (unpaired) electrons. The zero-order valence-corrected chi connectivity index (χ0v) is 12.3. The van der Waals surface area contributed by atoms with Gasteiger partial charge in [-0.1, -0.05) is 6.07 Å². The lowest BCUT2D eigenvalue weighted by Gasteiger charge is -2.09. The maximum absolute atomic E-state index is 13.4. The van der Waals surface area contributed by atoms with E-state index in [1.165, 1.54) is 12.7 Å². The molecule has 0 saturated heterocycles. The van der Waals surface area contributed by atoms with Gasteiger partial charge in [0.1, 0.15) is 18.5 Å². The highest BCUT2D eigenvalue weighted by Crippen LogP contribution is 2.18. The van der Waals surface area contributed by atoms with Crippen molar-refractivity contribution in [3.8, 4) is 11.4 Å². The number of hydrogen-bond donors (Lipinski definition) is 1. The number of aromatic nitrogens is 3. The first kappa shape index (κ1) is 15.6. The summed E-state index contributed by atoms with van der Waals surface area (Å²) in [4.78, 5) is 11.9. The average Bonchev–Trinajstić information content (AvgIpc) is 3.10. The van der Waals surface area contributed by atoms with Crippen LogP contribution in [0.25, 0.3) is 5.69 Å². The molecule has 0 saturated carbocycles. The summed E-state index contributed by atoms with van der Waals surface area (Å²) in [5, 5.41) is 10.0. The van der Waals surface area contributed by atoms with Gasteiger partial charge in [-0.3, -0.25) is 9.36 Å². The summed E-state index contributed by atoms with van der Waals surface area (Å²) in [6.07, 6.45) is 3.05. The molecule has 1 aromatic heterocycles. The first-order chi connectivity index (χ1) is 11.6. The third kappa shape index (κ3) is 3.72. The van der Waals surface area contributed by atoms with Crippen LogP contribution in [0.15, 0.2) is 55.1 Å². The Bertz CT molecular complexity index is 853. The maximum atomic E-state index is 13.4. The van der Waals surface area contributed by atoms with Gasteiger partial charge in [0.05, 0.1) is 5.69 Å². The SMILES string of the molecule is O=C(COc1cc(F)ccc1F)Nc1cccc(-n2cnnc2)c1. The van der Waals surface area contributed by atoms with Gasteiger partial charge in [0, 0.05) is 11.8 Å². The maximum Gasteiger partial charge on any atom is 0.262 e. The smallest absolute Gasteiger partial charge is 0.262 e. The van der Waals surface area contributed by atoms with Crippen LogP contribution in [-0.2, 0) is 4.79 Å². The van der Waals surface area contributed by atoms with Crippen molar-refractivity contribution < 1.29 is 18.3 Å². The average molecular weight is 330 g/mol. The second-order valence-electron chi connectivity index (χ2n) is 4.83. The van der Waals surface area contributed by atoms with E-state index < -0.39 is 24.1 Å². The molecule has 24 heavy (non-hydrogen) atoms. The number of nitrogens with one attached hydrogen (secondary N) is 1. The quantitative estimate of drug-likeness (QED) is 0.781. The number of amides is 1. The van der Waals surface area contributed by atoms with Crippen LogP contribution in [0, 0.1) is 11.6 Å². The second kappa shape index (κ2) is 6.86. The van der Waals surface area contributed by atoms with E-state index in [9.17, 15) is 13.6 Å². The molecule has 122 valence electrons. The molecular formula is C16H12F2N4O2. The van der Waals surface area contributed by atoms with Gasteiger partial charge >= 0.3 is 0 Å². The third-order valence-electron chi connectivity index (χ3n) is 3.10. The first-order valence-corrected chi connectivity index (χ1v) is 6.94. The van der Waals surface area contributed by atoms with Crippen molar-refractivity contribution in [3.05, 3.63) is 66.8 Å². The largest absolute Gasteiger partial charge is 0.481 e. The van der Waals surface area contributed by atoms with E-state index in [4.69, 9.17) is 4.74 Å². The van der Waals surface area contributed by atoms with Crippen molar-refractivity contribution in [1.82, 2.24) is 14.8 Å². The van der Waals surface area contributed by atoms with Crippen molar-refractivity contribution in [2.75, 3.05) is 11.9 Å². The summed E-state index contributed by atoms with van der Waals surface area (Å²) >= 11 is 0. The van der Waals surface area contributed by atoms with Crippen LogP contribution in [0.5, 0.6) is 5.75 Å². The van der Waals surface area contributed by atoms with Crippen molar-refractivity contribution >= 4 is 11.6 Å². The standard InChI is InChI=1S/C16H12F2N4O2/c17-11-4-5-14(18)15(6-11)24-8-16(23)21-12-2-1-3-13(7-12)22-9-19-20-10-22/h1-7,9-10H,8H2,(H,21,23). The lowest BCUT2D eigenvalue weighted by Crippen LogP contribution is -2.20. The molecule has 0 aliphatic carbocycles. The van der Waals surface area contributed by atoms with E-state index in [2.05, 4.69) is 15.5 Å². The first-order valence-electron chi connectivity index (χ1n) is 6.94. The number of anilines is 1. The number of rotatable bonds is 5. The predicted octanol–water partition coefficient (Wildman–Crippen LogP) is 2.56. The van der Waals surface area contributed by atoms with E-state index >= 15 is 0 Å². The Morgan fingerprint density at radius 3 is 2.71 bits per heavy atom. The summed E-state index contributed by atoms with van der Waals surface area (Å²) in [6, 6.07) is 9.76. The fraction of sp³-hybridized carbons (Fsp3) is 0.0625. The molecule has 3 aromatic rings. The number of ether oxygens (including phenoxy) is 1. The fourth-order valence-corrected chi connectivity index (χ4v) is 2.01. The Kier molecular flexibility index (Phi) is 4.46. The number of hydrogen-bond acceptors (Lipinski definition) is 4. The Labute approximate surface area is 135 Å². The summed E-state index contributed by atoms with van der Waals surface area (Å²) in [6.45, 7) is -0.447. The molecular weight excluding hydrogens is 318 g/mol. The van der Waals surface area contributed by atoms with Gasteiger partial charge in [0.25, 0.3) is 5.91 Å². The highest BCUT2D eigenvalue weighted by molar-refractivity contribution is 5.92. The summed E-state index contributed by atoms with van der Waals surface area (Å²) in [5.41, 5.74) is 1.28. The molecule has 1 heterocycles. The van der Waals surface area contributed by atoms with Gasteiger partial charge in [0.15, 0.2) is 18.2 Å². The molecule has 8 heteroatoms. The van der Waals surface area contributed by atoms with Gasteiger partial charge in [-0.05, 0) is 30.3 Å². The Hall–Kier alpha value is -3.29. The lowest BCUT2D eigenvalue weighted by molar-refractivity contribution is -0.118. The minimum atomic E-state index is -0.737. The van der Waals surface area contributed by atoms with Crippen molar-refractivity contribution in [2.45, 2.75) is 0 Å². The van der Waals surface area contributed by atoms with Gasteiger partial charge in [0.2, 0.25) is 0 Å². The van der Waals surface area contributed by atoms with Crippen LogP contribution >= 0.6 is 0 Å². The summed E-state index contributed by atoms with van der Waals surface area (Å²) in [5.74, 6) is -2.20. The predicted molar refractivity (Wildman–Crippen MR) is 81.8 cm³/mol. The van der Waals surface area contributed by atoms with Gasteiger partial charge in [-0.15, -0.1) is 10.2 Å². The number of carbonyl (C=O) groups excluding carboxylic acids is 1. The minimum absolute atomic E-state index is 0.316. The third-order valence-corrected chi connectivity index (χ3v) is 3.10. The van der Waals surface area contributed by atoms with Crippen LogP contribution in [-0.4, -0.2) is 27.3 Å². The van der Waals surface area contributed by atoms with Crippen molar-refractivity contribution in [1.29, 1.82) is 0 Å². The van der Waals surface area contributed by atoms with Crippen LogP contribution < -0.4 is 10.1 Å². The normalized spacial score (nSPS) is 10.4. The molecule has 0 atom stereocenters. The van der Waals surface area contributed by atoms with Crippen LogP contribution in [0.2, 0.25) is 0 Å². The van der Waals surface area contributed by atoms with E-state index in [1.54, 1.807) is 22.8 Å². The number of nitrogens with zero attached hydrogens (tertiary/aromatic N) is 3. The van der Waals surface area contributed by atoms with Crippen molar-refractivity contribution in [2.24, 2.45) is 0 Å². The Morgan fingerprint density at radius 1 is 1.12 bits per heavy atom. The molecule has 6 nitrogen and oxygen atoms in total. The van der Waals surface area contributed by atoms with Gasteiger partial charge in [-0.25, -0.2) is 8.78 Å². The monoisotopic (exact) mass is 330 g/mol. The van der Waals surface area contributed by atoms with Crippen molar-refractivity contribution in [3.63, 3.8) is 0 Å². The zero-order chi connectivity index (χ0) is 16.9. The molecule has 2 aromatic carbocycles. The molecule has 1 amide bonds.